The number of β-amino-alcohol motifs (C(OH)–C–C–N with tert-alkyl or cyclic N) is 1. The lowest BCUT2D eigenvalue weighted by Gasteiger charge is -2.37. The highest BCUT2D eigenvalue weighted by Gasteiger charge is 2.27. The zero-order valence-corrected chi connectivity index (χ0v) is 13.5. The van der Waals surface area contributed by atoms with E-state index in [2.05, 4.69) is 15.2 Å². The van der Waals surface area contributed by atoms with Gasteiger partial charge in [-0.3, -0.25) is 9.69 Å². The molecule has 118 valence electrons. The van der Waals surface area contributed by atoms with E-state index in [0.717, 1.165) is 13.1 Å². The fourth-order valence-electron chi connectivity index (χ4n) is 2.39. The standard InChI is InChI=1S/C13H23N5O2S/c1-13(2,20)8-17-4-6-18(7-5-17)11(19)9-10(14)16-12(15-3)21-9/h20H,4-8,14H2,1-3H3,(H,15,16). The van der Waals surface area contributed by atoms with Crippen LogP contribution >= 0.6 is 11.3 Å². The van der Waals surface area contributed by atoms with Gasteiger partial charge in [0.25, 0.3) is 5.91 Å². The number of amides is 1. The lowest BCUT2D eigenvalue weighted by molar-refractivity contribution is 0.0180. The topological polar surface area (TPSA) is 94.7 Å². The molecule has 1 aliphatic heterocycles. The number of rotatable bonds is 4. The van der Waals surface area contributed by atoms with E-state index in [0.29, 0.717) is 29.6 Å². The molecule has 0 spiro atoms. The monoisotopic (exact) mass is 313 g/mol. The molecule has 1 aliphatic rings. The molecule has 0 unspecified atom stereocenters. The summed E-state index contributed by atoms with van der Waals surface area (Å²) in [6, 6.07) is 0. The summed E-state index contributed by atoms with van der Waals surface area (Å²) < 4.78 is 0. The molecule has 0 aliphatic carbocycles. The van der Waals surface area contributed by atoms with Crippen LogP contribution in [0.5, 0.6) is 0 Å². The lowest BCUT2D eigenvalue weighted by atomic mass is 10.1. The number of aliphatic hydroxyl groups is 1. The molecule has 4 N–H and O–H groups in total. The van der Waals surface area contributed by atoms with Gasteiger partial charge in [-0.15, -0.1) is 0 Å². The molecule has 2 rings (SSSR count). The summed E-state index contributed by atoms with van der Waals surface area (Å²) in [6.45, 7) is 6.99. The van der Waals surface area contributed by atoms with Crippen molar-refractivity contribution in [3.8, 4) is 0 Å². The van der Waals surface area contributed by atoms with Gasteiger partial charge in [0.2, 0.25) is 0 Å². The minimum Gasteiger partial charge on any atom is -0.389 e. The van der Waals surface area contributed by atoms with Gasteiger partial charge in [-0.05, 0) is 13.8 Å². The molecule has 1 aromatic heterocycles. The Kier molecular flexibility index (Phi) is 4.70. The van der Waals surface area contributed by atoms with Crippen molar-refractivity contribution in [3.63, 3.8) is 0 Å². The van der Waals surface area contributed by atoms with E-state index in [1.54, 1.807) is 25.8 Å². The highest BCUT2D eigenvalue weighted by molar-refractivity contribution is 7.18. The first kappa shape index (κ1) is 16.0. The van der Waals surface area contributed by atoms with E-state index in [9.17, 15) is 9.90 Å². The zero-order valence-electron chi connectivity index (χ0n) is 12.7. The summed E-state index contributed by atoms with van der Waals surface area (Å²) in [5.74, 6) is 0.225. The molecule has 1 amide bonds. The third-order valence-corrected chi connectivity index (χ3v) is 4.41. The molecule has 1 saturated heterocycles. The van der Waals surface area contributed by atoms with E-state index < -0.39 is 5.60 Å². The van der Waals surface area contributed by atoms with Gasteiger partial charge in [-0.1, -0.05) is 11.3 Å². The number of carbonyl (C=O) groups excluding carboxylic acids is 1. The number of piperazine rings is 1. The third kappa shape index (κ3) is 4.05. The summed E-state index contributed by atoms with van der Waals surface area (Å²) in [6.07, 6.45) is 0. The maximum absolute atomic E-state index is 12.5. The highest BCUT2D eigenvalue weighted by Crippen LogP contribution is 2.26. The third-order valence-electron chi connectivity index (χ3n) is 3.33. The van der Waals surface area contributed by atoms with E-state index in [4.69, 9.17) is 5.73 Å². The van der Waals surface area contributed by atoms with Crippen molar-refractivity contribution in [2.24, 2.45) is 0 Å². The molecule has 0 bridgehead atoms. The number of hydrogen-bond donors (Lipinski definition) is 3. The number of nitrogens with zero attached hydrogens (tertiary/aromatic N) is 3. The molecule has 2 heterocycles. The van der Waals surface area contributed by atoms with E-state index in [-0.39, 0.29) is 11.7 Å². The van der Waals surface area contributed by atoms with Crippen LogP contribution in [-0.2, 0) is 0 Å². The molecular weight excluding hydrogens is 290 g/mol. The minimum absolute atomic E-state index is 0.0607. The largest absolute Gasteiger partial charge is 0.389 e. The van der Waals surface area contributed by atoms with Crippen molar-refractivity contribution in [1.29, 1.82) is 0 Å². The molecule has 1 aromatic rings. The highest BCUT2D eigenvalue weighted by atomic mass is 32.1. The van der Waals surface area contributed by atoms with E-state index >= 15 is 0 Å². The first-order valence-electron chi connectivity index (χ1n) is 6.98. The van der Waals surface area contributed by atoms with Gasteiger partial charge in [-0.25, -0.2) is 4.98 Å². The summed E-state index contributed by atoms with van der Waals surface area (Å²) in [5.41, 5.74) is 5.09. The molecule has 8 heteroatoms. The summed E-state index contributed by atoms with van der Waals surface area (Å²) in [7, 11) is 1.75. The summed E-state index contributed by atoms with van der Waals surface area (Å²) in [4.78, 5) is 21.0. The molecular formula is C13H23N5O2S. The van der Waals surface area contributed by atoms with E-state index in [1.165, 1.54) is 11.3 Å². The number of carbonyl (C=O) groups is 1. The minimum atomic E-state index is -0.712. The fourth-order valence-corrected chi connectivity index (χ4v) is 3.20. The molecule has 0 radical (unpaired) electrons. The van der Waals surface area contributed by atoms with Gasteiger partial charge in [0, 0.05) is 39.8 Å². The first-order chi connectivity index (χ1) is 9.80. The number of nitrogens with one attached hydrogen (secondary N) is 1. The number of anilines is 2. The zero-order chi connectivity index (χ0) is 15.6. The Balaban J connectivity index is 1.95. The molecule has 21 heavy (non-hydrogen) atoms. The Morgan fingerprint density at radius 3 is 2.52 bits per heavy atom. The number of thiazole rings is 1. The number of hydrogen-bond acceptors (Lipinski definition) is 7. The van der Waals surface area contributed by atoms with Gasteiger partial charge < -0.3 is 21.1 Å². The van der Waals surface area contributed by atoms with Gasteiger partial charge in [0.05, 0.1) is 5.60 Å². The van der Waals surface area contributed by atoms with E-state index in [1.807, 2.05) is 0 Å². The second kappa shape index (κ2) is 6.17. The molecule has 7 nitrogen and oxygen atoms in total. The van der Waals surface area contributed by atoms with Gasteiger partial charge in [-0.2, -0.15) is 0 Å². The SMILES string of the molecule is CNc1nc(N)c(C(=O)N2CCN(CC(C)(C)O)CC2)s1. The van der Waals surface area contributed by atoms with Crippen molar-refractivity contribution in [2.45, 2.75) is 19.4 Å². The van der Waals surface area contributed by atoms with Crippen molar-refractivity contribution in [3.05, 3.63) is 4.88 Å². The lowest BCUT2D eigenvalue weighted by Crippen LogP contribution is -2.51. The molecule has 1 fully saturated rings. The van der Waals surface area contributed by atoms with Gasteiger partial charge in [0.15, 0.2) is 5.13 Å². The van der Waals surface area contributed by atoms with Crippen LogP contribution in [0.1, 0.15) is 23.5 Å². The number of nitrogens with two attached hydrogens (primary N) is 1. The summed E-state index contributed by atoms with van der Waals surface area (Å²) >= 11 is 1.28. The average molecular weight is 313 g/mol. The second-order valence-corrected chi connectivity index (χ2v) is 6.86. The molecule has 0 saturated carbocycles. The van der Waals surface area contributed by atoms with Crippen LogP contribution in [0.25, 0.3) is 0 Å². The number of aromatic nitrogens is 1. The Labute approximate surface area is 128 Å². The van der Waals surface area contributed by atoms with Crippen LogP contribution in [0.15, 0.2) is 0 Å². The van der Waals surface area contributed by atoms with Crippen LogP contribution in [0, 0.1) is 0 Å². The van der Waals surface area contributed by atoms with Crippen molar-refractivity contribution in [1.82, 2.24) is 14.8 Å². The van der Waals surface area contributed by atoms with Crippen LogP contribution in [0.2, 0.25) is 0 Å². The molecule has 0 atom stereocenters. The Morgan fingerprint density at radius 2 is 2.05 bits per heavy atom. The van der Waals surface area contributed by atoms with Crippen LogP contribution < -0.4 is 11.1 Å². The molecule has 0 aromatic carbocycles. The Morgan fingerprint density at radius 1 is 1.43 bits per heavy atom. The van der Waals surface area contributed by atoms with Gasteiger partial charge in [0.1, 0.15) is 10.7 Å². The quantitative estimate of drug-likeness (QED) is 0.740. The smallest absolute Gasteiger partial charge is 0.267 e. The predicted molar refractivity (Wildman–Crippen MR) is 84.7 cm³/mol. The maximum Gasteiger partial charge on any atom is 0.267 e. The van der Waals surface area contributed by atoms with Crippen molar-refractivity contribution < 1.29 is 9.90 Å². The van der Waals surface area contributed by atoms with Crippen LogP contribution in [0.4, 0.5) is 10.9 Å². The first-order valence-corrected chi connectivity index (χ1v) is 7.80. The maximum atomic E-state index is 12.5. The van der Waals surface area contributed by atoms with Crippen LogP contribution in [-0.4, -0.2) is 71.2 Å². The number of nitrogen functional groups attached to an aromatic ring is 1. The normalized spacial score (nSPS) is 17.0. The van der Waals surface area contributed by atoms with Crippen molar-refractivity contribution in [2.75, 3.05) is 50.8 Å². The van der Waals surface area contributed by atoms with Gasteiger partial charge >= 0.3 is 0 Å². The summed E-state index contributed by atoms with van der Waals surface area (Å²) in [5, 5.41) is 13.4. The average Bonchev–Trinajstić information content (AvgIpc) is 2.78. The fraction of sp³-hybridized carbons (Fsp3) is 0.692. The predicted octanol–water partition coefficient (Wildman–Crippen LogP) is 0.296. The second-order valence-electron chi connectivity index (χ2n) is 5.86. The van der Waals surface area contributed by atoms with Crippen LogP contribution in [0.3, 0.4) is 0 Å². The Hall–Kier alpha value is -1.38. The van der Waals surface area contributed by atoms with Crippen molar-refractivity contribution >= 4 is 28.2 Å². The Bertz CT molecular complexity index is 503.